The molecule has 0 bridgehead atoms. The van der Waals surface area contributed by atoms with Gasteiger partial charge in [0, 0.05) is 12.6 Å². The van der Waals surface area contributed by atoms with Gasteiger partial charge in [0.2, 0.25) is 16.0 Å². The number of nitriles is 1. The van der Waals surface area contributed by atoms with Crippen LogP contribution < -0.4 is 11.1 Å². The first-order chi connectivity index (χ1) is 13.6. The van der Waals surface area contributed by atoms with Crippen LogP contribution >= 0.6 is 0 Å². The second kappa shape index (κ2) is 7.14. The van der Waals surface area contributed by atoms with Crippen molar-refractivity contribution in [1.82, 2.24) is 9.29 Å². The lowest BCUT2D eigenvalue weighted by Gasteiger charge is -2.33. The fourth-order valence-electron chi connectivity index (χ4n) is 2.85. The van der Waals surface area contributed by atoms with Gasteiger partial charge >= 0.3 is 0 Å². The molecule has 3 rings (SSSR count). The third-order valence-corrected chi connectivity index (χ3v) is 6.39. The van der Waals surface area contributed by atoms with Crippen LogP contribution in [0.2, 0.25) is 0 Å². The number of benzene rings is 1. The lowest BCUT2D eigenvalue weighted by Crippen LogP contribution is -2.50. The second-order valence-corrected chi connectivity index (χ2v) is 8.64. The van der Waals surface area contributed by atoms with Crippen LogP contribution in [-0.2, 0) is 15.6 Å². The second-order valence-electron chi connectivity index (χ2n) is 6.64. The summed E-state index contributed by atoms with van der Waals surface area (Å²) in [5, 5.41) is 11.3. The number of carbonyl (C=O) groups is 1. The minimum Gasteiger partial charge on any atom is -0.369 e. The van der Waals surface area contributed by atoms with Crippen molar-refractivity contribution < 1.29 is 17.6 Å². The van der Waals surface area contributed by atoms with Crippen molar-refractivity contribution in [3.63, 3.8) is 0 Å². The highest BCUT2D eigenvalue weighted by atomic mass is 32.2. The Morgan fingerprint density at radius 1 is 1.31 bits per heavy atom. The maximum absolute atomic E-state index is 14.5. The number of nitrogens with one attached hydrogen (secondary N) is 1. The Kier molecular flexibility index (Phi) is 4.98. The summed E-state index contributed by atoms with van der Waals surface area (Å²) in [4.78, 5) is 20.6. The average molecular weight is 416 g/mol. The van der Waals surface area contributed by atoms with E-state index in [1.165, 1.54) is 44.3 Å². The summed E-state index contributed by atoms with van der Waals surface area (Å²) in [6, 6.07) is 10.2. The number of carbonyl (C=O) groups excluding carboxylic acids is 1. The highest BCUT2D eigenvalue weighted by Crippen LogP contribution is 2.32. The zero-order valence-electron chi connectivity index (χ0n) is 15.5. The lowest BCUT2D eigenvalue weighted by molar-refractivity contribution is 0.102. The Balaban J connectivity index is 1.94. The highest BCUT2D eigenvalue weighted by molar-refractivity contribution is 7.89. The molecule has 0 unspecified atom stereocenters. The Labute approximate surface area is 166 Å². The fourth-order valence-corrected chi connectivity index (χ4v) is 4.28. The number of amides is 1. The molecule has 0 radical (unpaired) electrons. The van der Waals surface area contributed by atoms with E-state index in [9.17, 15) is 17.6 Å². The van der Waals surface area contributed by atoms with Crippen LogP contribution in [0.15, 0.2) is 41.4 Å². The number of nitrogens with zero attached hydrogens (tertiary/aromatic N) is 4. The third-order valence-electron chi connectivity index (χ3n) is 4.44. The van der Waals surface area contributed by atoms with Gasteiger partial charge in [0.15, 0.2) is 0 Å². The van der Waals surface area contributed by atoms with Gasteiger partial charge in [-0.3, -0.25) is 4.79 Å². The standard InChI is InChI=1S/C18H17FN6O3S/c1-18(10-29(27,28)25(2)17(21)24-18)15-13(19)7-8-14(22-15)23-16(26)12-5-3-11(9-20)4-6-12/h3-8H,10H2,1-2H3,(H2,21,24)(H,22,23,26)/t18-/m0/s1. The van der Waals surface area contributed by atoms with Crippen molar-refractivity contribution in [3.8, 4) is 6.07 Å². The number of rotatable bonds is 3. The molecule has 9 nitrogen and oxygen atoms in total. The summed E-state index contributed by atoms with van der Waals surface area (Å²) >= 11 is 0. The van der Waals surface area contributed by atoms with E-state index < -0.39 is 33.0 Å². The van der Waals surface area contributed by atoms with Crippen LogP contribution in [-0.4, -0.2) is 42.4 Å². The number of nitrogens with two attached hydrogens (primary N) is 1. The van der Waals surface area contributed by atoms with E-state index in [0.29, 0.717) is 5.56 Å². The van der Waals surface area contributed by atoms with Gasteiger partial charge < -0.3 is 11.1 Å². The number of halogens is 1. The van der Waals surface area contributed by atoms with E-state index in [1.54, 1.807) is 0 Å². The Morgan fingerprint density at radius 2 is 1.97 bits per heavy atom. The van der Waals surface area contributed by atoms with Gasteiger partial charge in [-0.05, 0) is 43.3 Å². The quantitative estimate of drug-likeness (QED) is 0.769. The van der Waals surface area contributed by atoms with E-state index >= 15 is 0 Å². The minimum atomic E-state index is -3.81. The van der Waals surface area contributed by atoms with Crippen molar-refractivity contribution in [2.75, 3.05) is 18.1 Å². The zero-order valence-corrected chi connectivity index (χ0v) is 16.4. The molecule has 1 aliphatic heterocycles. The molecule has 2 heterocycles. The molecule has 29 heavy (non-hydrogen) atoms. The molecular weight excluding hydrogens is 399 g/mol. The summed E-state index contributed by atoms with van der Waals surface area (Å²) < 4.78 is 39.9. The molecule has 1 aromatic heterocycles. The Morgan fingerprint density at radius 3 is 2.55 bits per heavy atom. The average Bonchev–Trinajstić information content (AvgIpc) is 2.67. The Bertz CT molecular complexity index is 1160. The highest BCUT2D eigenvalue weighted by Gasteiger charge is 2.43. The monoisotopic (exact) mass is 416 g/mol. The smallest absolute Gasteiger partial charge is 0.256 e. The summed E-state index contributed by atoms with van der Waals surface area (Å²) in [6.45, 7) is 1.40. The van der Waals surface area contributed by atoms with Gasteiger partial charge in [0.05, 0.1) is 11.6 Å². The number of hydrogen-bond acceptors (Lipinski definition) is 7. The molecule has 3 N–H and O–H groups in total. The van der Waals surface area contributed by atoms with Gasteiger partial charge in [-0.25, -0.2) is 27.1 Å². The van der Waals surface area contributed by atoms with Crippen molar-refractivity contribution in [3.05, 3.63) is 59.0 Å². The predicted octanol–water partition coefficient (Wildman–Crippen LogP) is 1.15. The molecule has 0 fully saturated rings. The molecule has 1 aliphatic rings. The number of sulfonamides is 1. The van der Waals surface area contributed by atoms with Gasteiger partial charge in [-0.15, -0.1) is 0 Å². The van der Waals surface area contributed by atoms with E-state index in [0.717, 1.165) is 10.4 Å². The maximum Gasteiger partial charge on any atom is 0.256 e. The van der Waals surface area contributed by atoms with E-state index in [1.807, 2.05) is 6.07 Å². The van der Waals surface area contributed by atoms with Gasteiger partial charge in [-0.2, -0.15) is 5.26 Å². The number of pyridine rings is 1. The molecule has 0 saturated heterocycles. The normalized spacial score (nSPS) is 20.5. The van der Waals surface area contributed by atoms with Crippen molar-refractivity contribution >= 4 is 27.7 Å². The van der Waals surface area contributed by atoms with Gasteiger partial charge in [-0.1, -0.05) is 0 Å². The topological polar surface area (TPSA) is 142 Å². The zero-order chi connectivity index (χ0) is 21.4. The molecule has 1 amide bonds. The van der Waals surface area contributed by atoms with Crippen LogP contribution in [0.1, 0.15) is 28.5 Å². The molecule has 1 aromatic carbocycles. The lowest BCUT2D eigenvalue weighted by atomic mass is 10.00. The van der Waals surface area contributed by atoms with Crippen molar-refractivity contribution in [2.45, 2.75) is 12.5 Å². The first-order valence-corrected chi connectivity index (χ1v) is 9.97. The third kappa shape index (κ3) is 3.88. The molecule has 150 valence electrons. The van der Waals surface area contributed by atoms with Crippen LogP contribution in [0.25, 0.3) is 0 Å². The molecule has 11 heteroatoms. The summed E-state index contributed by atoms with van der Waals surface area (Å²) in [7, 11) is -2.56. The summed E-state index contributed by atoms with van der Waals surface area (Å²) in [5.41, 5.74) is 4.54. The fraction of sp³-hybridized carbons (Fsp3) is 0.222. The molecule has 1 atom stereocenters. The molecule has 0 aliphatic carbocycles. The number of hydrogen-bond donors (Lipinski definition) is 2. The van der Waals surface area contributed by atoms with E-state index in [4.69, 9.17) is 11.0 Å². The van der Waals surface area contributed by atoms with Gasteiger partial charge in [0.1, 0.15) is 28.6 Å². The van der Waals surface area contributed by atoms with Crippen LogP contribution in [0.4, 0.5) is 10.2 Å². The summed E-state index contributed by atoms with van der Waals surface area (Å²) in [6.07, 6.45) is 0. The van der Waals surface area contributed by atoms with E-state index in [-0.39, 0.29) is 23.0 Å². The number of anilines is 1. The van der Waals surface area contributed by atoms with Gasteiger partial charge in [0.25, 0.3) is 5.91 Å². The first-order valence-electron chi connectivity index (χ1n) is 8.36. The molecular formula is C18H17FN6O3S. The van der Waals surface area contributed by atoms with Crippen LogP contribution in [0.5, 0.6) is 0 Å². The first kappa shape index (κ1) is 20.2. The predicted molar refractivity (Wildman–Crippen MR) is 104 cm³/mol. The van der Waals surface area contributed by atoms with Crippen LogP contribution in [0.3, 0.4) is 0 Å². The van der Waals surface area contributed by atoms with Crippen molar-refractivity contribution in [2.24, 2.45) is 10.7 Å². The van der Waals surface area contributed by atoms with Crippen LogP contribution in [0, 0.1) is 17.1 Å². The van der Waals surface area contributed by atoms with Crippen molar-refractivity contribution in [1.29, 1.82) is 5.26 Å². The molecule has 0 saturated carbocycles. The molecule has 0 spiro atoms. The maximum atomic E-state index is 14.5. The van der Waals surface area contributed by atoms with E-state index in [2.05, 4.69) is 15.3 Å². The molecule has 2 aromatic rings. The number of aromatic nitrogens is 1. The minimum absolute atomic E-state index is 0.0158. The number of guanidine groups is 1. The Hall–Kier alpha value is -3.52. The largest absolute Gasteiger partial charge is 0.369 e. The summed E-state index contributed by atoms with van der Waals surface area (Å²) in [5.74, 6) is -2.10. The SMILES string of the molecule is CN1C(N)=N[C@](C)(c2nc(NC(=O)c3ccc(C#N)cc3)ccc2F)CS1(=O)=O. The number of aliphatic imine (C=N–C) groups is 1.